The lowest BCUT2D eigenvalue weighted by Crippen LogP contribution is -2.28. The number of carbonyl (C=O) groups is 2. The molecule has 0 fully saturated rings. The number of ether oxygens (including phenoxy) is 2. The lowest BCUT2D eigenvalue weighted by molar-refractivity contribution is -0.140. The van der Waals surface area contributed by atoms with Gasteiger partial charge in [-0.3, -0.25) is 9.59 Å². The monoisotopic (exact) mass is 293 g/mol. The first-order valence-electron chi connectivity index (χ1n) is 7.13. The van der Waals surface area contributed by atoms with E-state index >= 15 is 0 Å². The molecule has 0 aliphatic rings. The van der Waals surface area contributed by atoms with Crippen LogP contribution < -0.4 is 4.74 Å². The fourth-order valence-corrected chi connectivity index (χ4v) is 1.82. The molecule has 0 bridgehead atoms. The molecule has 0 unspecified atom stereocenters. The molecule has 1 amide bonds. The molecule has 1 aromatic carbocycles. The van der Waals surface area contributed by atoms with Gasteiger partial charge in [-0.1, -0.05) is 13.0 Å². The molecular formula is C16H23NO4. The van der Waals surface area contributed by atoms with Crippen molar-refractivity contribution in [1.82, 2.24) is 4.90 Å². The van der Waals surface area contributed by atoms with E-state index in [-0.39, 0.29) is 11.9 Å². The van der Waals surface area contributed by atoms with Crippen molar-refractivity contribution in [2.75, 3.05) is 27.3 Å². The smallest absolute Gasteiger partial charge is 0.305 e. The van der Waals surface area contributed by atoms with E-state index in [2.05, 4.69) is 4.74 Å². The van der Waals surface area contributed by atoms with Gasteiger partial charge in [0.25, 0.3) is 5.91 Å². The molecule has 0 aliphatic carbocycles. The van der Waals surface area contributed by atoms with Crippen LogP contribution in [-0.4, -0.2) is 44.1 Å². The summed E-state index contributed by atoms with van der Waals surface area (Å²) >= 11 is 0. The van der Waals surface area contributed by atoms with Crippen LogP contribution in [0.5, 0.6) is 5.75 Å². The predicted octanol–water partition coefficient (Wildman–Crippen LogP) is 2.50. The van der Waals surface area contributed by atoms with Crippen LogP contribution in [0.25, 0.3) is 0 Å². The van der Waals surface area contributed by atoms with Gasteiger partial charge < -0.3 is 14.4 Å². The lowest BCUT2D eigenvalue weighted by Gasteiger charge is -2.17. The summed E-state index contributed by atoms with van der Waals surface area (Å²) in [6.45, 7) is 3.17. The number of benzene rings is 1. The van der Waals surface area contributed by atoms with Crippen LogP contribution in [0.4, 0.5) is 0 Å². The molecule has 1 aromatic rings. The van der Waals surface area contributed by atoms with Gasteiger partial charge in [0.15, 0.2) is 0 Å². The van der Waals surface area contributed by atoms with Gasteiger partial charge in [-0.15, -0.1) is 0 Å². The first-order chi connectivity index (χ1) is 10.1. The highest BCUT2D eigenvalue weighted by Gasteiger charge is 2.12. The summed E-state index contributed by atoms with van der Waals surface area (Å²) < 4.78 is 10.1. The van der Waals surface area contributed by atoms with Gasteiger partial charge in [-0.25, -0.2) is 0 Å². The molecule has 0 saturated heterocycles. The van der Waals surface area contributed by atoms with Gasteiger partial charge in [-0.05, 0) is 31.0 Å². The van der Waals surface area contributed by atoms with Crippen molar-refractivity contribution in [1.29, 1.82) is 0 Å². The van der Waals surface area contributed by atoms with Gasteiger partial charge in [-0.2, -0.15) is 0 Å². The van der Waals surface area contributed by atoms with Crippen LogP contribution in [0.15, 0.2) is 24.3 Å². The second-order valence-corrected chi connectivity index (χ2v) is 4.78. The first kappa shape index (κ1) is 17.0. The average molecular weight is 293 g/mol. The SMILES string of the molecule is CCCOc1cccc(C(=O)N(C)CCCC(=O)OC)c1. The minimum atomic E-state index is -0.259. The summed E-state index contributed by atoms with van der Waals surface area (Å²) in [5.41, 5.74) is 0.587. The molecule has 5 heteroatoms. The van der Waals surface area contributed by atoms with E-state index in [0.29, 0.717) is 37.3 Å². The van der Waals surface area contributed by atoms with Gasteiger partial charge >= 0.3 is 5.97 Å². The third kappa shape index (κ3) is 5.85. The molecule has 0 saturated carbocycles. The summed E-state index contributed by atoms with van der Waals surface area (Å²) in [5, 5.41) is 0. The van der Waals surface area contributed by atoms with Crippen molar-refractivity contribution in [3.05, 3.63) is 29.8 Å². The molecular weight excluding hydrogens is 270 g/mol. The maximum Gasteiger partial charge on any atom is 0.305 e. The highest BCUT2D eigenvalue weighted by Crippen LogP contribution is 2.15. The Balaban J connectivity index is 2.55. The Morgan fingerprint density at radius 1 is 1.29 bits per heavy atom. The van der Waals surface area contributed by atoms with E-state index in [4.69, 9.17) is 4.74 Å². The fourth-order valence-electron chi connectivity index (χ4n) is 1.82. The molecule has 0 atom stereocenters. The summed E-state index contributed by atoms with van der Waals surface area (Å²) in [4.78, 5) is 24.9. The van der Waals surface area contributed by atoms with Crippen molar-refractivity contribution in [3.8, 4) is 5.75 Å². The van der Waals surface area contributed by atoms with E-state index in [0.717, 1.165) is 6.42 Å². The zero-order chi connectivity index (χ0) is 15.7. The third-order valence-corrected chi connectivity index (χ3v) is 3.00. The zero-order valence-corrected chi connectivity index (χ0v) is 12.9. The molecule has 0 spiro atoms. The number of carbonyl (C=O) groups excluding carboxylic acids is 2. The standard InChI is InChI=1S/C16H23NO4/c1-4-11-21-14-8-5-7-13(12-14)16(19)17(2)10-6-9-15(18)20-3/h5,7-8,12H,4,6,9-11H2,1-3H3. The van der Waals surface area contributed by atoms with Crippen molar-refractivity contribution >= 4 is 11.9 Å². The van der Waals surface area contributed by atoms with E-state index in [1.165, 1.54) is 7.11 Å². The van der Waals surface area contributed by atoms with Crippen LogP contribution in [-0.2, 0) is 9.53 Å². The van der Waals surface area contributed by atoms with E-state index in [9.17, 15) is 9.59 Å². The number of methoxy groups -OCH3 is 1. The zero-order valence-electron chi connectivity index (χ0n) is 12.9. The predicted molar refractivity (Wildman–Crippen MR) is 80.4 cm³/mol. The minimum absolute atomic E-state index is 0.0817. The third-order valence-electron chi connectivity index (χ3n) is 3.00. The van der Waals surface area contributed by atoms with Crippen molar-refractivity contribution in [2.45, 2.75) is 26.2 Å². The Morgan fingerprint density at radius 2 is 2.05 bits per heavy atom. The Morgan fingerprint density at radius 3 is 2.71 bits per heavy atom. The molecule has 0 aromatic heterocycles. The number of hydrogen-bond donors (Lipinski definition) is 0. The van der Waals surface area contributed by atoms with E-state index < -0.39 is 0 Å². The topological polar surface area (TPSA) is 55.8 Å². The molecule has 0 radical (unpaired) electrons. The lowest BCUT2D eigenvalue weighted by atomic mass is 10.2. The van der Waals surface area contributed by atoms with Crippen molar-refractivity contribution < 1.29 is 19.1 Å². The highest BCUT2D eigenvalue weighted by molar-refractivity contribution is 5.94. The highest BCUT2D eigenvalue weighted by atomic mass is 16.5. The second kappa shape index (κ2) is 9.00. The number of esters is 1. The number of rotatable bonds is 8. The molecule has 5 nitrogen and oxygen atoms in total. The fraction of sp³-hybridized carbons (Fsp3) is 0.500. The summed E-state index contributed by atoms with van der Waals surface area (Å²) in [5.74, 6) is 0.360. The van der Waals surface area contributed by atoms with E-state index in [1.54, 1.807) is 30.1 Å². The Bertz CT molecular complexity index is 473. The Kier molecular flexibility index (Phi) is 7.29. The van der Waals surface area contributed by atoms with Crippen LogP contribution >= 0.6 is 0 Å². The van der Waals surface area contributed by atoms with Crippen LogP contribution in [0.3, 0.4) is 0 Å². The van der Waals surface area contributed by atoms with Crippen LogP contribution in [0.2, 0.25) is 0 Å². The molecule has 0 aliphatic heterocycles. The van der Waals surface area contributed by atoms with Crippen molar-refractivity contribution in [3.63, 3.8) is 0 Å². The molecule has 0 N–H and O–H groups in total. The molecule has 0 heterocycles. The molecule has 21 heavy (non-hydrogen) atoms. The maximum absolute atomic E-state index is 12.3. The number of nitrogens with zero attached hydrogens (tertiary/aromatic N) is 1. The number of amides is 1. The normalized spacial score (nSPS) is 10.0. The second-order valence-electron chi connectivity index (χ2n) is 4.78. The maximum atomic E-state index is 12.3. The van der Waals surface area contributed by atoms with Gasteiger partial charge in [0.2, 0.25) is 0 Å². The largest absolute Gasteiger partial charge is 0.494 e. The van der Waals surface area contributed by atoms with Gasteiger partial charge in [0.05, 0.1) is 13.7 Å². The van der Waals surface area contributed by atoms with E-state index in [1.807, 2.05) is 13.0 Å². The van der Waals surface area contributed by atoms with Crippen LogP contribution in [0.1, 0.15) is 36.5 Å². The number of hydrogen-bond acceptors (Lipinski definition) is 4. The average Bonchev–Trinajstić information content (AvgIpc) is 2.52. The molecule has 116 valence electrons. The summed E-state index contributed by atoms with van der Waals surface area (Å²) in [6, 6.07) is 7.15. The molecule has 1 rings (SSSR count). The van der Waals surface area contributed by atoms with Gasteiger partial charge in [0, 0.05) is 25.6 Å². The quantitative estimate of drug-likeness (QED) is 0.691. The Hall–Kier alpha value is -2.04. The summed E-state index contributed by atoms with van der Waals surface area (Å²) in [6.07, 6.45) is 1.82. The van der Waals surface area contributed by atoms with Gasteiger partial charge in [0.1, 0.15) is 5.75 Å². The van der Waals surface area contributed by atoms with Crippen molar-refractivity contribution in [2.24, 2.45) is 0 Å². The summed E-state index contributed by atoms with van der Waals surface area (Å²) in [7, 11) is 3.08. The van der Waals surface area contributed by atoms with Crippen LogP contribution in [0, 0.1) is 0 Å². The first-order valence-corrected chi connectivity index (χ1v) is 7.13. The minimum Gasteiger partial charge on any atom is -0.494 e. The Labute approximate surface area is 125 Å².